The molecular formula is C28H31N5O5S. The Morgan fingerprint density at radius 3 is 2.74 bits per heavy atom. The fraction of sp³-hybridized carbons (Fsp3) is 0.429. The van der Waals surface area contributed by atoms with Gasteiger partial charge in [-0.2, -0.15) is 5.10 Å². The molecule has 11 heteroatoms. The normalized spacial score (nSPS) is 22.5. The van der Waals surface area contributed by atoms with Gasteiger partial charge in [-0.3, -0.25) is 9.59 Å². The molecule has 204 valence electrons. The summed E-state index contributed by atoms with van der Waals surface area (Å²) >= 11 is 1.53. The van der Waals surface area contributed by atoms with E-state index in [1.807, 2.05) is 12.3 Å². The molecule has 4 aromatic heterocycles. The minimum absolute atomic E-state index is 0.0314. The number of amides is 2. The van der Waals surface area contributed by atoms with E-state index >= 15 is 0 Å². The number of primary amides is 1. The van der Waals surface area contributed by atoms with Crippen molar-refractivity contribution in [2.24, 2.45) is 11.1 Å². The fourth-order valence-electron chi connectivity index (χ4n) is 5.64. The number of nitrogens with two attached hydrogens (primary N) is 1. The summed E-state index contributed by atoms with van der Waals surface area (Å²) in [5.74, 6) is 0.168. The van der Waals surface area contributed by atoms with Gasteiger partial charge in [-0.05, 0) is 81.0 Å². The molecule has 10 nitrogen and oxygen atoms in total. The SMILES string of the molecule is Cc1csc2cc(C(N)=O)c(O[C@H]3CC4(C[C@H](NC(=O)c5cnn6cc(OCC(C)(C)O)ccc56)C4)C3)nc12. The van der Waals surface area contributed by atoms with Crippen LogP contribution in [0, 0.1) is 12.3 Å². The van der Waals surface area contributed by atoms with Crippen molar-refractivity contribution in [1.82, 2.24) is 19.9 Å². The number of aliphatic hydroxyl groups is 1. The molecule has 1 spiro atoms. The standard InChI is InChI=1S/C28H31N5O5S/c1-15-13-39-22-6-19(24(29)34)26(32-23(15)22)38-18-9-28(10-18)7-16(8-28)31-25(35)20-11-30-33-12-17(4-5-21(20)33)37-14-27(2,3)36/h4-6,11-13,16,18,36H,7-10,14H2,1-3H3,(H2,29,34)(H,31,35)/t16-,18-,28?. The lowest BCUT2D eigenvalue weighted by atomic mass is 9.53. The van der Waals surface area contributed by atoms with E-state index in [4.69, 9.17) is 15.2 Å². The van der Waals surface area contributed by atoms with E-state index < -0.39 is 11.5 Å². The van der Waals surface area contributed by atoms with Crippen LogP contribution in [0.15, 0.2) is 36.0 Å². The summed E-state index contributed by atoms with van der Waals surface area (Å²) in [5, 5.41) is 19.3. The third-order valence-corrected chi connectivity index (χ3v) is 8.61. The Kier molecular flexibility index (Phi) is 6.03. The Bertz CT molecular complexity index is 1590. The first kappa shape index (κ1) is 25.6. The van der Waals surface area contributed by atoms with Gasteiger partial charge in [0.1, 0.15) is 24.0 Å². The van der Waals surface area contributed by atoms with Crippen LogP contribution in [0.25, 0.3) is 15.7 Å². The lowest BCUT2D eigenvalue weighted by Gasteiger charge is -2.57. The number of fused-ring (bicyclic) bond motifs is 2. The van der Waals surface area contributed by atoms with Gasteiger partial charge in [-0.1, -0.05) is 0 Å². The number of carbonyl (C=O) groups excluding carboxylic acids is 2. The number of rotatable bonds is 8. The number of aromatic nitrogens is 3. The van der Waals surface area contributed by atoms with Crippen molar-refractivity contribution >= 4 is 38.9 Å². The Balaban J connectivity index is 1.04. The molecule has 2 saturated carbocycles. The second-order valence-corrected chi connectivity index (χ2v) is 12.5. The van der Waals surface area contributed by atoms with Gasteiger partial charge in [0.25, 0.3) is 11.8 Å². The number of aryl methyl sites for hydroxylation is 1. The van der Waals surface area contributed by atoms with Crippen LogP contribution < -0.4 is 20.5 Å². The fourth-order valence-corrected chi connectivity index (χ4v) is 6.56. The van der Waals surface area contributed by atoms with Crippen molar-refractivity contribution in [1.29, 1.82) is 0 Å². The third kappa shape index (κ3) is 4.92. The Labute approximate surface area is 229 Å². The van der Waals surface area contributed by atoms with Crippen molar-refractivity contribution in [3.05, 3.63) is 52.7 Å². The molecule has 39 heavy (non-hydrogen) atoms. The topological polar surface area (TPSA) is 141 Å². The average molecular weight is 550 g/mol. The van der Waals surface area contributed by atoms with E-state index in [1.165, 1.54) is 11.3 Å². The second-order valence-electron chi connectivity index (χ2n) is 11.6. The molecule has 2 fully saturated rings. The van der Waals surface area contributed by atoms with Gasteiger partial charge >= 0.3 is 0 Å². The average Bonchev–Trinajstić information content (AvgIpc) is 3.42. The number of carbonyl (C=O) groups is 2. The first-order chi connectivity index (χ1) is 18.5. The molecule has 0 aromatic carbocycles. The van der Waals surface area contributed by atoms with Crippen LogP contribution >= 0.6 is 11.3 Å². The largest absolute Gasteiger partial charge is 0.489 e. The summed E-state index contributed by atoms with van der Waals surface area (Å²) in [6.45, 7) is 5.48. The number of hydrogen-bond acceptors (Lipinski definition) is 8. The first-order valence-corrected chi connectivity index (χ1v) is 13.9. The van der Waals surface area contributed by atoms with Gasteiger partial charge in [-0.25, -0.2) is 9.50 Å². The van der Waals surface area contributed by atoms with Gasteiger partial charge in [0.05, 0.1) is 39.3 Å². The molecule has 2 aliphatic carbocycles. The molecule has 2 aliphatic rings. The number of nitrogens with zero attached hydrogens (tertiary/aromatic N) is 3. The highest BCUT2D eigenvalue weighted by Crippen LogP contribution is 2.57. The second kappa shape index (κ2) is 9.20. The first-order valence-electron chi connectivity index (χ1n) is 13.0. The zero-order chi connectivity index (χ0) is 27.5. The van der Waals surface area contributed by atoms with Crippen LogP contribution in [-0.2, 0) is 0 Å². The van der Waals surface area contributed by atoms with Gasteiger partial charge in [-0.15, -0.1) is 11.3 Å². The molecule has 2 amide bonds. The van der Waals surface area contributed by atoms with Crippen LogP contribution in [0.3, 0.4) is 0 Å². The molecule has 4 aromatic rings. The molecule has 4 N–H and O–H groups in total. The maximum absolute atomic E-state index is 13.0. The summed E-state index contributed by atoms with van der Waals surface area (Å²) in [5.41, 5.74) is 8.18. The zero-order valence-electron chi connectivity index (χ0n) is 22.1. The minimum atomic E-state index is -0.947. The van der Waals surface area contributed by atoms with Crippen LogP contribution in [0.1, 0.15) is 65.8 Å². The maximum Gasteiger partial charge on any atom is 0.255 e. The molecule has 0 atom stereocenters. The zero-order valence-corrected chi connectivity index (χ0v) is 22.9. The number of pyridine rings is 2. The highest BCUT2D eigenvalue weighted by Gasteiger charge is 2.54. The van der Waals surface area contributed by atoms with E-state index in [2.05, 4.69) is 15.4 Å². The summed E-state index contributed by atoms with van der Waals surface area (Å²) in [4.78, 5) is 29.6. The summed E-state index contributed by atoms with van der Waals surface area (Å²) in [7, 11) is 0. The molecule has 6 rings (SSSR count). The predicted molar refractivity (Wildman–Crippen MR) is 146 cm³/mol. The minimum Gasteiger partial charge on any atom is -0.489 e. The van der Waals surface area contributed by atoms with Gasteiger partial charge in [0.2, 0.25) is 5.88 Å². The molecule has 0 radical (unpaired) electrons. The van der Waals surface area contributed by atoms with Crippen molar-refractivity contribution < 1.29 is 24.2 Å². The molecule has 0 unspecified atom stereocenters. The quantitative estimate of drug-likeness (QED) is 0.305. The number of hydrogen-bond donors (Lipinski definition) is 3. The van der Waals surface area contributed by atoms with Crippen molar-refractivity contribution in [2.75, 3.05) is 6.61 Å². The number of ether oxygens (including phenoxy) is 2. The highest BCUT2D eigenvalue weighted by atomic mass is 32.1. The van der Waals surface area contributed by atoms with E-state index in [-0.39, 0.29) is 30.1 Å². The Hall–Kier alpha value is -3.70. The number of nitrogens with one attached hydrogen (secondary N) is 1. The summed E-state index contributed by atoms with van der Waals surface area (Å²) in [6, 6.07) is 5.42. The predicted octanol–water partition coefficient (Wildman–Crippen LogP) is 3.62. The van der Waals surface area contributed by atoms with Crippen LogP contribution in [-0.4, -0.2) is 55.9 Å². The summed E-state index contributed by atoms with van der Waals surface area (Å²) in [6.07, 6.45) is 6.68. The molecule has 0 aliphatic heterocycles. The van der Waals surface area contributed by atoms with Gasteiger partial charge in [0, 0.05) is 6.04 Å². The molecular weight excluding hydrogens is 518 g/mol. The van der Waals surface area contributed by atoms with Crippen molar-refractivity contribution in [2.45, 2.75) is 64.2 Å². The van der Waals surface area contributed by atoms with Crippen LogP contribution in [0.4, 0.5) is 0 Å². The summed E-state index contributed by atoms with van der Waals surface area (Å²) < 4.78 is 14.3. The van der Waals surface area contributed by atoms with Crippen molar-refractivity contribution in [3.8, 4) is 11.6 Å². The van der Waals surface area contributed by atoms with E-state index in [1.54, 1.807) is 49.0 Å². The highest BCUT2D eigenvalue weighted by molar-refractivity contribution is 7.17. The maximum atomic E-state index is 13.0. The lowest BCUT2D eigenvalue weighted by molar-refractivity contribution is -0.0847. The monoisotopic (exact) mass is 549 g/mol. The van der Waals surface area contributed by atoms with E-state index in [0.717, 1.165) is 41.5 Å². The Morgan fingerprint density at radius 1 is 1.26 bits per heavy atom. The smallest absolute Gasteiger partial charge is 0.255 e. The molecule has 4 heterocycles. The van der Waals surface area contributed by atoms with Gasteiger partial charge in [0.15, 0.2) is 0 Å². The third-order valence-electron chi connectivity index (χ3n) is 7.57. The van der Waals surface area contributed by atoms with Crippen molar-refractivity contribution in [3.63, 3.8) is 0 Å². The molecule has 0 saturated heterocycles. The Morgan fingerprint density at radius 2 is 2.03 bits per heavy atom. The van der Waals surface area contributed by atoms with Gasteiger partial charge < -0.3 is 25.6 Å². The van der Waals surface area contributed by atoms with Crippen LogP contribution in [0.5, 0.6) is 11.6 Å². The van der Waals surface area contributed by atoms with E-state index in [9.17, 15) is 14.7 Å². The van der Waals surface area contributed by atoms with Crippen LogP contribution in [0.2, 0.25) is 0 Å². The number of thiophene rings is 1. The van der Waals surface area contributed by atoms with E-state index in [0.29, 0.717) is 28.3 Å². The lowest BCUT2D eigenvalue weighted by Crippen LogP contribution is -2.58. The molecule has 0 bridgehead atoms.